The maximum absolute atomic E-state index is 11.8. The largest absolute Gasteiger partial charge is 0.379 e. The van der Waals surface area contributed by atoms with Gasteiger partial charge < -0.3 is 56.6 Å². The average Bonchev–Trinajstić information content (AvgIpc) is 2.97. The number of nitrogens with one attached hydrogen (secondary N) is 6. The molecule has 43 heavy (non-hydrogen) atoms. The molecule has 246 valence electrons. The van der Waals surface area contributed by atoms with E-state index in [0.717, 1.165) is 6.42 Å². The van der Waals surface area contributed by atoms with Crippen molar-refractivity contribution in [2.24, 2.45) is 5.73 Å². The summed E-state index contributed by atoms with van der Waals surface area (Å²) in [5.74, 6) is -3.71. The number of ether oxygens (including phenoxy) is 4. The van der Waals surface area contributed by atoms with Crippen LogP contribution in [0.4, 0.5) is 0 Å². The number of hydrogen-bond acceptors (Lipinski definition) is 11. The van der Waals surface area contributed by atoms with Gasteiger partial charge in [0.2, 0.25) is 41.4 Å². The van der Waals surface area contributed by atoms with Gasteiger partial charge >= 0.3 is 0 Å². The van der Waals surface area contributed by atoms with Gasteiger partial charge in [-0.25, -0.2) is 0 Å². The van der Waals surface area contributed by atoms with Gasteiger partial charge in [0.15, 0.2) is 0 Å². The molecule has 7 amide bonds. The van der Waals surface area contributed by atoms with Gasteiger partial charge in [0, 0.05) is 19.4 Å². The van der Waals surface area contributed by atoms with Crippen molar-refractivity contribution in [1.29, 1.82) is 0 Å². The third-order valence-corrected chi connectivity index (χ3v) is 4.88. The van der Waals surface area contributed by atoms with Crippen LogP contribution in [0, 0.1) is 0 Å². The van der Waals surface area contributed by atoms with Crippen LogP contribution >= 0.6 is 0 Å². The van der Waals surface area contributed by atoms with E-state index < -0.39 is 55.1 Å². The molecular weight excluding hydrogens is 574 g/mol. The highest BCUT2D eigenvalue weighted by atomic mass is 16.6. The number of hydrogen-bond donors (Lipinski definition) is 7. The third-order valence-electron chi connectivity index (χ3n) is 4.88. The molecule has 0 unspecified atom stereocenters. The summed E-state index contributed by atoms with van der Waals surface area (Å²) in [6.45, 7) is 3.15. The molecule has 0 aromatic rings. The van der Waals surface area contributed by atoms with Crippen molar-refractivity contribution in [3.05, 3.63) is 0 Å². The lowest BCUT2D eigenvalue weighted by molar-refractivity contribution is -0.129. The van der Waals surface area contributed by atoms with Crippen LogP contribution in [0.5, 0.6) is 0 Å². The average molecular weight is 620 g/mol. The molecule has 0 saturated heterocycles. The first-order valence-corrected chi connectivity index (χ1v) is 13.8. The Hall–Kier alpha value is -3.87. The number of carbonyl (C=O) groups is 7. The number of rotatable bonds is 27. The van der Waals surface area contributed by atoms with Crippen LogP contribution in [-0.4, -0.2) is 133 Å². The molecule has 0 bridgehead atoms. The molecule has 0 heterocycles. The molecule has 0 aromatic heterocycles. The number of primary amides is 1. The summed E-state index contributed by atoms with van der Waals surface area (Å²) in [5.41, 5.74) is 4.87. The molecule has 8 N–H and O–H groups in total. The Morgan fingerprint density at radius 2 is 0.791 bits per heavy atom. The Morgan fingerprint density at radius 1 is 0.442 bits per heavy atom. The summed E-state index contributed by atoms with van der Waals surface area (Å²) < 4.78 is 21.4. The van der Waals surface area contributed by atoms with Crippen LogP contribution < -0.4 is 37.6 Å². The fourth-order valence-corrected chi connectivity index (χ4v) is 2.74. The van der Waals surface area contributed by atoms with Gasteiger partial charge in [-0.05, 0) is 6.42 Å². The summed E-state index contributed by atoms with van der Waals surface area (Å²) in [5, 5.41) is 14.1. The van der Waals surface area contributed by atoms with Gasteiger partial charge in [-0.2, -0.15) is 0 Å². The van der Waals surface area contributed by atoms with Crippen LogP contribution in [-0.2, 0) is 52.5 Å². The van der Waals surface area contributed by atoms with Gasteiger partial charge in [-0.3, -0.25) is 33.6 Å². The van der Waals surface area contributed by atoms with Crippen LogP contribution in [0.3, 0.4) is 0 Å². The van der Waals surface area contributed by atoms with Crippen LogP contribution in [0.1, 0.15) is 26.2 Å². The fraction of sp³-hybridized carbons (Fsp3) is 0.720. The maximum Gasteiger partial charge on any atom is 0.239 e. The molecular formula is C25H45N7O11. The Morgan fingerprint density at radius 3 is 1.21 bits per heavy atom. The molecule has 0 rings (SSSR count). The molecule has 0 aliphatic heterocycles. The van der Waals surface area contributed by atoms with E-state index in [9.17, 15) is 33.6 Å². The Balaban J connectivity index is 3.56. The van der Waals surface area contributed by atoms with E-state index in [1.807, 2.05) is 6.92 Å². The van der Waals surface area contributed by atoms with Crippen LogP contribution in [0.2, 0.25) is 0 Å². The van der Waals surface area contributed by atoms with Crippen LogP contribution in [0.15, 0.2) is 0 Å². The zero-order valence-electron chi connectivity index (χ0n) is 24.6. The molecule has 0 radical (unpaired) electrons. The number of carbonyl (C=O) groups excluding carboxylic acids is 7. The van der Waals surface area contributed by atoms with Crippen molar-refractivity contribution < 1.29 is 52.5 Å². The van der Waals surface area contributed by atoms with E-state index in [0.29, 0.717) is 52.6 Å². The van der Waals surface area contributed by atoms with E-state index in [1.165, 1.54) is 0 Å². The quantitative estimate of drug-likeness (QED) is 0.0431. The molecule has 0 fully saturated rings. The Kier molecular flexibility index (Phi) is 24.6. The monoisotopic (exact) mass is 619 g/mol. The molecule has 0 aromatic carbocycles. The summed E-state index contributed by atoms with van der Waals surface area (Å²) in [7, 11) is 0. The SMILES string of the molecule is CCCC(=O)NCCOCCOCCOCCOCCC(=O)NCC(=O)NCC(=O)NCC(=O)NCC(=O)NCC(N)=O. The molecule has 0 aliphatic rings. The van der Waals surface area contributed by atoms with Crippen molar-refractivity contribution in [3.63, 3.8) is 0 Å². The third kappa shape index (κ3) is 28.0. The lowest BCUT2D eigenvalue weighted by Gasteiger charge is -2.09. The van der Waals surface area contributed by atoms with Gasteiger partial charge in [0.1, 0.15) is 0 Å². The van der Waals surface area contributed by atoms with E-state index in [4.69, 9.17) is 24.7 Å². The molecule has 0 aliphatic carbocycles. The van der Waals surface area contributed by atoms with Crippen LogP contribution in [0.25, 0.3) is 0 Å². The fourth-order valence-electron chi connectivity index (χ4n) is 2.74. The van der Waals surface area contributed by atoms with E-state index in [1.54, 1.807) is 0 Å². The van der Waals surface area contributed by atoms with Gasteiger partial charge in [-0.15, -0.1) is 0 Å². The molecule has 18 heteroatoms. The highest BCUT2D eigenvalue weighted by Gasteiger charge is 2.10. The second-order valence-electron chi connectivity index (χ2n) is 8.65. The van der Waals surface area contributed by atoms with Gasteiger partial charge in [-0.1, -0.05) is 6.92 Å². The zero-order chi connectivity index (χ0) is 32.1. The highest BCUT2D eigenvalue weighted by Crippen LogP contribution is 1.87. The Labute approximate surface area is 250 Å². The zero-order valence-corrected chi connectivity index (χ0v) is 24.6. The van der Waals surface area contributed by atoms with Crippen molar-refractivity contribution in [1.82, 2.24) is 31.9 Å². The first kappa shape index (κ1) is 39.1. The van der Waals surface area contributed by atoms with Crippen molar-refractivity contribution in [3.8, 4) is 0 Å². The minimum Gasteiger partial charge on any atom is -0.379 e. The number of nitrogens with two attached hydrogens (primary N) is 1. The van der Waals surface area contributed by atoms with Crippen molar-refractivity contribution in [2.45, 2.75) is 26.2 Å². The molecule has 0 spiro atoms. The normalized spacial score (nSPS) is 10.3. The predicted octanol–water partition coefficient (Wildman–Crippen LogP) is -4.57. The summed E-state index contributed by atoms with van der Waals surface area (Å²) in [6, 6.07) is 0. The van der Waals surface area contributed by atoms with E-state index in [2.05, 4.69) is 31.9 Å². The summed E-state index contributed by atoms with van der Waals surface area (Å²) in [4.78, 5) is 80.1. The molecule has 0 saturated carbocycles. The highest BCUT2D eigenvalue weighted by molar-refractivity contribution is 5.91. The van der Waals surface area contributed by atoms with Crippen molar-refractivity contribution in [2.75, 3.05) is 92.1 Å². The lowest BCUT2D eigenvalue weighted by Crippen LogP contribution is -2.46. The molecule has 0 atom stereocenters. The minimum absolute atomic E-state index is 0.0175. The van der Waals surface area contributed by atoms with Gasteiger partial charge in [0.05, 0.1) is 85.6 Å². The summed E-state index contributed by atoms with van der Waals surface area (Å²) in [6.07, 6.45) is 1.34. The smallest absolute Gasteiger partial charge is 0.239 e. The second-order valence-corrected chi connectivity index (χ2v) is 8.65. The van der Waals surface area contributed by atoms with E-state index in [-0.39, 0.29) is 38.6 Å². The Bertz CT molecular complexity index is 875. The molecule has 18 nitrogen and oxygen atoms in total. The standard InChI is InChI=1S/C25H45N7O11/c1-2-3-20(34)27-5-7-41-9-11-43-13-12-42-10-8-40-6-4-21(35)29-15-23(37)31-17-25(39)32-18-24(38)30-16-22(36)28-14-19(26)33/h2-18H2,1H3,(H2,26,33)(H,27,34)(H,28,36)(H,29,35)(H,30,38)(H,31,37)(H,32,39). The van der Waals surface area contributed by atoms with Crippen molar-refractivity contribution >= 4 is 41.4 Å². The predicted molar refractivity (Wildman–Crippen MR) is 150 cm³/mol. The number of amides is 7. The van der Waals surface area contributed by atoms with E-state index >= 15 is 0 Å². The first-order valence-electron chi connectivity index (χ1n) is 13.8. The maximum atomic E-state index is 11.8. The second kappa shape index (κ2) is 27.0. The lowest BCUT2D eigenvalue weighted by atomic mass is 10.3. The summed E-state index contributed by atoms with van der Waals surface area (Å²) >= 11 is 0. The topological polar surface area (TPSA) is 255 Å². The van der Waals surface area contributed by atoms with Gasteiger partial charge in [0.25, 0.3) is 0 Å². The minimum atomic E-state index is -0.735. The first-order chi connectivity index (χ1) is 20.6.